The van der Waals surface area contributed by atoms with Crippen molar-refractivity contribution in [3.05, 3.63) is 29.6 Å². The van der Waals surface area contributed by atoms with Gasteiger partial charge in [-0.1, -0.05) is 19.3 Å². The van der Waals surface area contributed by atoms with Gasteiger partial charge in [0.2, 0.25) is 10.0 Å². The number of nitrogens with zero attached hydrogens (tertiary/aromatic N) is 1. The number of halogens is 1. The van der Waals surface area contributed by atoms with E-state index in [0.29, 0.717) is 0 Å². The predicted molar refractivity (Wildman–Crippen MR) is 90.3 cm³/mol. The van der Waals surface area contributed by atoms with Crippen molar-refractivity contribution >= 4 is 15.9 Å². The summed E-state index contributed by atoms with van der Waals surface area (Å²) in [5.74, 6) is -1.20. The molecule has 2 aliphatic rings. The van der Waals surface area contributed by atoms with Crippen LogP contribution >= 0.6 is 0 Å². The number of hydrogen-bond acceptors (Lipinski definition) is 4. The second kappa shape index (κ2) is 7.80. The van der Waals surface area contributed by atoms with Crippen LogP contribution in [0.2, 0.25) is 0 Å². The summed E-state index contributed by atoms with van der Waals surface area (Å²) in [7, 11) is -3.98. The Morgan fingerprint density at radius 1 is 1.16 bits per heavy atom. The molecule has 1 aromatic carbocycles. The minimum absolute atomic E-state index is 0.102. The Morgan fingerprint density at radius 3 is 2.52 bits per heavy atom. The second-order valence-electron chi connectivity index (χ2n) is 6.47. The van der Waals surface area contributed by atoms with Gasteiger partial charge >= 0.3 is 0 Å². The highest BCUT2D eigenvalue weighted by Gasteiger charge is 2.30. The molecule has 138 valence electrons. The minimum Gasteiger partial charge on any atom is -0.379 e. The van der Waals surface area contributed by atoms with Gasteiger partial charge in [0.1, 0.15) is 10.7 Å². The topological polar surface area (TPSA) is 75.7 Å². The van der Waals surface area contributed by atoms with Crippen LogP contribution in [0, 0.1) is 5.82 Å². The summed E-state index contributed by atoms with van der Waals surface area (Å²) < 4.78 is 45.9. The molecule has 1 aliphatic heterocycles. The fourth-order valence-corrected chi connectivity index (χ4v) is 4.78. The molecule has 1 heterocycles. The minimum atomic E-state index is -3.98. The van der Waals surface area contributed by atoms with E-state index in [1.165, 1.54) is 16.8 Å². The van der Waals surface area contributed by atoms with E-state index >= 15 is 0 Å². The SMILES string of the molecule is O=C(NC1CCCCC1)c1ccc(F)c(S(=O)(=O)N2CCOCC2)c1. The first-order chi connectivity index (χ1) is 12.0. The van der Waals surface area contributed by atoms with Gasteiger partial charge in [0.05, 0.1) is 13.2 Å². The van der Waals surface area contributed by atoms with Gasteiger partial charge < -0.3 is 10.1 Å². The molecule has 1 aromatic rings. The molecule has 2 fully saturated rings. The first kappa shape index (κ1) is 18.3. The second-order valence-corrected chi connectivity index (χ2v) is 8.38. The maximum Gasteiger partial charge on any atom is 0.251 e. The van der Waals surface area contributed by atoms with Crippen molar-refractivity contribution in [3.63, 3.8) is 0 Å². The van der Waals surface area contributed by atoms with Gasteiger partial charge in [0.25, 0.3) is 5.91 Å². The highest BCUT2D eigenvalue weighted by atomic mass is 32.2. The van der Waals surface area contributed by atoms with E-state index in [2.05, 4.69) is 5.32 Å². The van der Waals surface area contributed by atoms with Crippen LogP contribution in [0.25, 0.3) is 0 Å². The van der Waals surface area contributed by atoms with Crippen molar-refractivity contribution in [1.82, 2.24) is 9.62 Å². The van der Waals surface area contributed by atoms with Crippen LogP contribution in [0.5, 0.6) is 0 Å². The standard InChI is InChI=1S/C17H23FN2O4S/c18-15-7-6-13(17(21)19-14-4-2-1-3-5-14)12-16(15)25(22,23)20-8-10-24-11-9-20/h6-7,12,14H,1-5,8-11H2,(H,19,21). The van der Waals surface area contributed by atoms with Crippen molar-refractivity contribution in [2.45, 2.75) is 43.0 Å². The molecule has 0 bridgehead atoms. The number of sulfonamides is 1. The summed E-state index contributed by atoms with van der Waals surface area (Å²) in [5, 5.41) is 2.92. The number of carbonyl (C=O) groups is 1. The number of morpholine rings is 1. The molecule has 1 amide bonds. The zero-order chi connectivity index (χ0) is 17.9. The lowest BCUT2D eigenvalue weighted by molar-refractivity contribution is 0.0729. The van der Waals surface area contributed by atoms with Crippen LogP contribution in [0.1, 0.15) is 42.5 Å². The van der Waals surface area contributed by atoms with Crippen LogP contribution in [-0.2, 0) is 14.8 Å². The van der Waals surface area contributed by atoms with E-state index in [4.69, 9.17) is 4.74 Å². The molecule has 0 unspecified atom stereocenters. The molecular formula is C17H23FN2O4S. The Hall–Kier alpha value is -1.51. The number of nitrogens with one attached hydrogen (secondary N) is 1. The summed E-state index contributed by atoms with van der Waals surface area (Å²) >= 11 is 0. The Bertz CT molecular complexity index is 726. The fraction of sp³-hybridized carbons (Fsp3) is 0.588. The van der Waals surface area contributed by atoms with Crippen molar-refractivity contribution in [2.24, 2.45) is 0 Å². The molecule has 6 nitrogen and oxygen atoms in total. The predicted octanol–water partition coefficient (Wildman–Crippen LogP) is 1.91. The summed E-state index contributed by atoms with van der Waals surface area (Å²) in [5.41, 5.74) is 0.166. The maximum absolute atomic E-state index is 14.2. The van der Waals surface area contributed by atoms with Gasteiger partial charge in [-0.05, 0) is 31.0 Å². The molecule has 1 saturated heterocycles. The quantitative estimate of drug-likeness (QED) is 0.878. The third-order valence-corrected chi connectivity index (χ3v) is 6.64. The van der Waals surface area contributed by atoms with Gasteiger partial charge in [-0.3, -0.25) is 4.79 Å². The summed E-state index contributed by atoms with van der Waals surface area (Å²) in [6, 6.07) is 3.61. The largest absolute Gasteiger partial charge is 0.379 e. The third kappa shape index (κ3) is 4.19. The molecule has 1 N–H and O–H groups in total. The van der Waals surface area contributed by atoms with Crippen LogP contribution < -0.4 is 5.32 Å². The number of benzene rings is 1. The van der Waals surface area contributed by atoms with E-state index in [9.17, 15) is 17.6 Å². The van der Waals surface area contributed by atoms with Crippen LogP contribution in [0.3, 0.4) is 0 Å². The van der Waals surface area contributed by atoms with Gasteiger partial charge in [-0.2, -0.15) is 4.31 Å². The van der Waals surface area contributed by atoms with Crippen molar-refractivity contribution in [2.75, 3.05) is 26.3 Å². The third-order valence-electron chi connectivity index (χ3n) is 4.72. The number of rotatable bonds is 4. The Morgan fingerprint density at radius 2 is 1.84 bits per heavy atom. The zero-order valence-corrected chi connectivity index (χ0v) is 14.9. The monoisotopic (exact) mass is 370 g/mol. The lowest BCUT2D eigenvalue weighted by Gasteiger charge is -2.26. The smallest absolute Gasteiger partial charge is 0.251 e. The number of ether oxygens (including phenoxy) is 1. The molecule has 0 radical (unpaired) electrons. The van der Waals surface area contributed by atoms with E-state index in [1.807, 2.05) is 0 Å². The zero-order valence-electron chi connectivity index (χ0n) is 14.0. The summed E-state index contributed by atoms with van der Waals surface area (Å²) in [4.78, 5) is 12.0. The molecular weight excluding hydrogens is 347 g/mol. The first-order valence-electron chi connectivity index (χ1n) is 8.67. The van der Waals surface area contributed by atoms with Gasteiger partial charge in [0, 0.05) is 24.7 Å². The van der Waals surface area contributed by atoms with Crippen molar-refractivity contribution in [1.29, 1.82) is 0 Å². The summed E-state index contributed by atoms with van der Waals surface area (Å²) in [6.45, 7) is 0.923. The van der Waals surface area contributed by atoms with E-state index < -0.39 is 20.7 Å². The van der Waals surface area contributed by atoms with Crippen molar-refractivity contribution < 1.29 is 22.3 Å². The van der Waals surface area contributed by atoms with Gasteiger partial charge in [0.15, 0.2) is 0 Å². The molecule has 25 heavy (non-hydrogen) atoms. The van der Waals surface area contributed by atoms with E-state index in [1.54, 1.807) is 0 Å². The summed E-state index contributed by atoms with van der Waals surface area (Å²) in [6.07, 6.45) is 5.17. The normalized spacial score (nSPS) is 20.4. The lowest BCUT2D eigenvalue weighted by atomic mass is 9.95. The lowest BCUT2D eigenvalue weighted by Crippen LogP contribution is -2.41. The Labute approximate surface area is 147 Å². The molecule has 0 spiro atoms. The van der Waals surface area contributed by atoms with Crippen LogP contribution in [0.15, 0.2) is 23.1 Å². The molecule has 3 rings (SSSR count). The van der Waals surface area contributed by atoms with Crippen molar-refractivity contribution in [3.8, 4) is 0 Å². The van der Waals surface area contributed by atoms with Crippen LogP contribution in [0.4, 0.5) is 4.39 Å². The van der Waals surface area contributed by atoms with Gasteiger partial charge in [-0.15, -0.1) is 0 Å². The Kier molecular flexibility index (Phi) is 5.71. The highest BCUT2D eigenvalue weighted by molar-refractivity contribution is 7.89. The molecule has 1 aliphatic carbocycles. The first-order valence-corrected chi connectivity index (χ1v) is 10.1. The number of carbonyl (C=O) groups excluding carboxylic acids is 1. The number of hydrogen-bond donors (Lipinski definition) is 1. The molecule has 8 heteroatoms. The molecule has 1 saturated carbocycles. The van der Waals surface area contributed by atoms with Crippen LogP contribution in [-0.4, -0.2) is 51.0 Å². The highest BCUT2D eigenvalue weighted by Crippen LogP contribution is 2.23. The molecule has 0 aromatic heterocycles. The average molecular weight is 370 g/mol. The maximum atomic E-state index is 14.2. The Balaban J connectivity index is 1.81. The fourth-order valence-electron chi connectivity index (χ4n) is 3.28. The molecule has 0 atom stereocenters. The number of amides is 1. The average Bonchev–Trinajstić information content (AvgIpc) is 2.63. The van der Waals surface area contributed by atoms with E-state index in [0.717, 1.165) is 37.8 Å². The van der Waals surface area contributed by atoms with Gasteiger partial charge in [-0.25, -0.2) is 12.8 Å². The van der Waals surface area contributed by atoms with E-state index in [-0.39, 0.29) is 43.8 Å².